The van der Waals surface area contributed by atoms with E-state index < -0.39 is 0 Å². The summed E-state index contributed by atoms with van der Waals surface area (Å²) in [6.45, 7) is 0. The van der Waals surface area contributed by atoms with Crippen molar-refractivity contribution < 1.29 is 9.53 Å². The summed E-state index contributed by atoms with van der Waals surface area (Å²) < 4.78 is 5.09. The normalized spacial score (nSPS) is 16.3. The molecule has 3 heteroatoms. The first-order chi connectivity index (χ1) is 9.20. The van der Waals surface area contributed by atoms with Crippen LogP contribution in [0.2, 0.25) is 0 Å². The van der Waals surface area contributed by atoms with E-state index in [1.54, 1.807) is 25.3 Å². The van der Waals surface area contributed by atoms with E-state index in [0.717, 1.165) is 12.3 Å². The van der Waals surface area contributed by atoms with Gasteiger partial charge in [0.15, 0.2) is 5.78 Å². The molecule has 2 N–H and O–H groups in total. The van der Waals surface area contributed by atoms with Gasteiger partial charge in [0, 0.05) is 23.7 Å². The summed E-state index contributed by atoms with van der Waals surface area (Å²) in [5, 5.41) is 0. The van der Waals surface area contributed by atoms with Gasteiger partial charge in [0.25, 0.3) is 0 Å². The molecule has 0 heterocycles. The number of nitrogens with two attached hydrogens (primary N) is 1. The van der Waals surface area contributed by atoms with Gasteiger partial charge in [-0.3, -0.25) is 4.79 Å². The SMILES string of the molecule is COc1ccc(C(=O)CCC2CCCCC2)c(N)c1. The van der Waals surface area contributed by atoms with Gasteiger partial charge in [-0.05, 0) is 24.5 Å². The number of ketones is 1. The van der Waals surface area contributed by atoms with Crippen LogP contribution in [-0.2, 0) is 0 Å². The second kappa shape index (κ2) is 6.60. The molecule has 1 aromatic carbocycles. The van der Waals surface area contributed by atoms with Crippen LogP contribution in [0, 0.1) is 5.92 Å². The summed E-state index contributed by atoms with van der Waals surface area (Å²) in [6.07, 6.45) is 8.19. The minimum absolute atomic E-state index is 0.158. The van der Waals surface area contributed by atoms with E-state index in [4.69, 9.17) is 10.5 Å². The number of hydrogen-bond acceptors (Lipinski definition) is 3. The number of carbonyl (C=O) groups is 1. The molecule has 0 unspecified atom stereocenters. The number of anilines is 1. The van der Waals surface area contributed by atoms with Crippen LogP contribution in [0.4, 0.5) is 5.69 Å². The largest absolute Gasteiger partial charge is 0.497 e. The third kappa shape index (κ3) is 3.72. The van der Waals surface area contributed by atoms with Gasteiger partial charge in [-0.25, -0.2) is 0 Å². The highest BCUT2D eigenvalue weighted by atomic mass is 16.5. The number of benzene rings is 1. The Kier molecular flexibility index (Phi) is 4.83. The van der Waals surface area contributed by atoms with Crippen molar-refractivity contribution in [2.45, 2.75) is 44.9 Å². The van der Waals surface area contributed by atoms with Gasteiger partial charge in [0.1, 0.15) is 5.75 Å². The maximum atomic E-state index is 12.2. The van der Waals surface area contributed by atoms with Gasteiger partial charge >= 0.3 is 0 Å². The van der Waals surface area contributed by atoms with Gasteiger partial charge < -0.3 is 10.5 Å². The first-order valence-electron chi connectivity index (χ1n) is 7.17. The number of ether oxygens (including phenoxy) is 1. The highest BCUT2D eigenvalue weighted by molar-refractivity contribution is 6.00. The molecule has 0 radical (unpaired) electrons. The molecular formula is C16H23NO2. The van der Waals surface area contributed by atoms with E-state index in [-0.39, 0.29) is 5.78 Å². The van der Waals surface area contributed by atoms with Crippen molar-refractivity contribution in [3.05, 3.63) is 23.8 Å². The summed E-state index contributed by atoms with van der Waals surface area (Å²) in [5.41, 5.74) is 7.06. The Labute approximate surface area is 115 Å². The first kappa shape index (κ1) is 13.9. The van der Waals surface area contributed by atoms with Gasteiger partial charge in [0.2, 0.25) is 0 Å². The third-order valence-electron chi connectivity index (χ3n) is 4.06. The number of hydrogen-bond donors (Lipinski definition) is 1. The fourth-order valence-electron chi connectivity index (χ4n) is 2.87. The molecule has 0 bridgehead atoms. The predicted molar refractivity (Wildman–Crippen MR) is 77.5 cm³/mol. The second-order valence-corrected chi connectivity index (χ2v) is 5.42. The van der Waals surface area contributed by atoms with Crippen molar-refractivity contribution in [1.82, 2.24) is 0 Å². The Morgan fingerprint density at radius 2 is 2.05 bits per heavy atom. The number of rotatable bonds is 5. The molecule has 0 atom stereocenters. The summed E-state index contributed by atoms with van der Waals surface area (Å²) in [5.74, 6) is 1.59. The average Bonchev–Trinajstić information content (AvgIpc) is 2.45. The van der Waals surface area contributed by atoms with E-state index >= 15 is 0 Å². The van der Waals surface area contributed by atoms with Crippen molar-refractivity contribution in [2.24, 2.45) is 5.92 Å². The molecule has 0 aliphatic heterocycles. The summed E-state index contributed by atoms with van der Waals surface area (Å²) in [6, 6.07) is 5.29. The summed E-state index contributed by atoms with van der Waals surface area (Å²) in [7, 11) is 1.60. The summed E-state index contributed by atoms with van der Waals surface area (Å²) >= 11 is 0. The van der Waals surface area contributed by atoms with Crippen LogP contribution in [0.25, 0.3) is 0 Å². The highest BCUT2D eigenvalue weighted by Crippen LogP contribution is 2.28. The minimum Gasteiger partial charge on any atom is -0.497 e. The van der Waals surface area contributed by atoms with Crippen LogP contribution in [0.3, 0.4) is 0 Å². The lowest BCUT2D eigenvalue weighted by Crippen LogP contribution is -2.10. The molecule has 19 heavy (non-hydrogen) atoms. The molecule has 0 saturated heterocycles. The fraction of sp³-hybridized carbons (Fsp3) is 0.562. The van der Waals surface area contributed by atoms with E-state index in [9.17, 15) is 4.79 Å². The van der Waals surface area contributed by atoms with Crippen molar-refractivity contribution in [1.29, 1.82) is 0 Å². The van der Waals surface area contributed by atoms with Gasteiger partial charge in [-0.1, -0.05) is 32.1 Å². The molecule has 3 nitrogen and oxygen atoms in total. The lowest BCUT2D eigenvalue weighted by atomic mass is 9.85. The fourth-order valence-corrected chi connectivity index (χ4v) is 2.87. The molecule has 1 aliphatic rings. The molecule has 1 fully saturated rings. The molecule has 0 amide bonds. The predicted octanol–water partition coefficient (Wildman–Crippen LogP) is 3.82. The van der Waals surface area contributed by atoms with Crippen LogP contribution in [0.1, 0.15) is 55.3 Å². The lowest BCUT2D eigenvalue weighted by molar-refractivity contribution is 0.0971. The molecule has 1 aromatic rings. The van der Waals surface area contributed by atoms with Crippen LogP contribution in [0.5, 0.6) is 5.75 Å². The number of Topliss-reactive ketones (excluding diaryl/α,β-unsaturated/α-hetero) is 1. The first-order valence-corrected chi connectivity index (χ1v) is 7.17. The van der Waals surface area contributed by atoms with Crippen LogP contribution in [0.15, 0.2) is 18.2 Å². The topological polar surface area (TPSA) is 52.3 Å². The minimum atomic E-state index is 0.158. The zero-order valence-corrected chi connectivity index (χ0v) is 11.7. The van der Waals surface area contributed by atoms with E-state index in [1.807, 2.05) is 0 Å². The molecule has 0 aromatic heterocycles. The average molecular weight is 261 g/mol. The number of carbonyl (C=O) groups excluding carboxylic acids is 1. The van der Waals surface area contributed by atoms with Gasteiger partial charge in [-0.2, -0.15) is 0 Å². The van der Waals surface area contributed by atoms with E-state index in [1.165, 1.54) is 32.1 Å². The molecule has 2 rings (SSSR count). The van der Waals surface area contributed by atoms with E-state index in [2.05, 4.69) is 0 Å². The quantitative estimate of drug-likeness (QED) is 0.647. The smallest absolute Gasteiger partial charge is 0.164 e. The van der Waals surface area contributed by atoms with Crippen molar-refractivity contribution >= 4 is 11.5 Å². The third-order valence-corrected chi connectivity index (χ3v) is 4.06. The Hall–Kier alpha value is -1.51. The Morgan fingerprint density at radius 1 is 1.32 bits per heavy atom. The van der Waals surface area contributed by atoms with Crippen molar-refractivity contribution in [2.75, 3.05) is 12.8 Å². The lowest BCUT2D eigenvalue weighted by Gasteiger charge is -2.21. The highest BCUT2D eigenvalue weighted by Gasteiger charge is 2.16. The molecule has 104 valence electrons. The van der Waals surface area contributed by atoms with Gasteiger partial charge in [0.05, 0.1) is 7.11 Å². The summed E-state index contributed by atoms with van der Waals surface area (Å²) in [4.78, 5) is 12.2. The molecule has 1 aliphatic carbocycles. The maximum Gasteiger partial charge on any atom is 0.164 e. The molecule has 1 saturated carbocycles. The monoisotopic (exact) mass is 261 g/mol. The van der Waals surface area contributed by atoms with Crippen LogP contribution < -0.4 is 10.5 Å². The van der Waals surface area contributed by atoms with E-state index in [0.29, 0.717) is 23.4 Å². The van der Waals surface area contributed by atoms with Crippen LogP contribution in [-0.4, -0.2) is 12.9 Å². The number of methoxy groups -OCH3 is 1. The van der Waals surface area contributed by atoms with Crippen LogP contribution >= 0.6 is 0 Å². The molecular weight excluding hydrogens is 238 g/mol. The molecule has 0 spiro atoms. The Balaban J connectivity index is 1.92. The zero-order chi connectivity index (χ0) is 13.7. The number of nitrogen functional groups attached to an aromatic ring is 1. The Bertz CT molecular complexity index is 436. The zero-order valence-electron chi connectivity index (χ0n) is 11.7. The Morgan fingerprint density at radius 3 is 2.68 bits per heavy atom. The van der Waals surface area contributed by atoms with Crippen molar-refractivity contribution in [3.8, 4) is 5.75 Å². The van der Waals surface area contributed by atoms with Gasteiger partial charge in [-0.15, -0.1) is 0 Å². The maximum absolute atomic E-state index is 12.2. The second-order valence-electron chi connectivity index (χ2n) is 5.42. The standard InChI is InChI=1S/C16H23NO2/c1-19-13-8-9-14(15(17)11-13)16(18)10-7-12-5-3-2-4-6-12/h8-9,11-12H,2-7,10,17H2,1H3. The van der Waals surface area contributed by atoms with Crippen molar-refractivity contribution in [3.63, 3.8) is 0 Å².